The number of nitrogens with one attached hydrogen (secondary N) is 1. The molecular weight excluding hydrogens is 266 g/mol. The summed E-state index contributed by atoms with van der Waals surface area (Å²) in [4.78, 5) is 46.7. The number of hydrogen-bond donors (Lipinski definition) is 2. The topological polar surface area (TPSA) is 112 Å². The minimum Gasteiger partial charge on any atom is -0.480 e. The zero-order valence-electron chi connectivity index (χ0n) is 11.5. The molecule has 0 spiro atoms. The lowest BCUT2D eigenvalue weighted by molar-refractivity contribution is -0.148. The predicted octanol–water partition coefficient (Wildman–Crippen LogP) is -0.752. The number of carboxylic acids is 1. The summed E-state index contributed by atoms with van der Waals surface area (Å²) in [6, 6.07) is 2.10. The van der Waals surface area contributed by atoms with Crippen molar-refractivity contribution in [2.75, 3.05) is 6.54 Å². The minimum absolute atomic E-state index is 0.417. The van der Waals surface area contributed by atoms with E-state index >= 15 is 0 Å². The first-order valence-corrected chi connectivity index (χ1v) is 5.93. The van der Waals surface area contributed by atoms with Crippen molar-refractivity contribution in [1.29, 1.82) is 0 Å². The quantitative estimate of drug-likeness (QED) is 0.755. The Kier molecular flexibility index (Phi) is 4.49. The van der Waals surface area contributed by atoms with Gasteiger partial charge in [0.15, 0.2) is 0 Å². The van der Waals surface area contributed by atoms with Crippen molar-refractivity contribution >= 4 is 11.9 Å². The van der Waals surface area contributed by atoms with E-state index in [9.17, 15) is 19.2 Å². The van der Waals surface area contributed by atoms with Crippen LogP contribution in [0.15, 0.2) is 21.7 Å². The fourth-order valence-corrected chi connectivity index (χ4v) is 1.64. The Morgan fingerprint density at radius 1 is 1.30 bits per heavy atom. The molecule has 0 bridgehead atoms. The fraction of sp³-hybridized carbons (Fsp3) is 0.500. The Labute approximate surface area is 114 Å². The Hall–Kier alpha value is -2.38. The SMILES string of the molecule is CC(C)(C)N(CC(=O)O)C(=O)Cn1[nH]c(=O)ccc1=O. The molecule has 0 aliphatic heterocycles. The van der Waals surface area contributed by atoms with Gasteiger partial charge in [-0.05, 0) is 20.8 Å². The number of aliphatic carboxylic acids is 1. The largest absolute Gasteiger partial charge is 0.480 e. The second kappa shape index (κ2) is 5.72. The van der Waals surface area contributed by atoms with Crippen molar-refractivity contribution in [3.63, 3.8) is 0 Å². The molecule has 1 aromatic rings. The van der Waals surface area contributed by atoms with Crippen LogP contribution in [0.2, 0.25) is 0 Å². The van der Waals surface area contributed by atoms with E-state index in [0.29, 0.717) is 0 Å². The molecule has 0 unspecified atom stereocenters. The Morgan fingerprint density at radius 3 is 2.40 bits per heavy atom. The molecule has 1 aromatic heterocycles. The molecule has 1 heterocycles. The van der Waals surface area contributed by atoms with Gasteiger partial charge in [-0.15, -0.1) is 0 Å². The second-order valence-corrected chi connectivity index (χ2v) is 5.28. The number of carbonyl (C=O) groups excluding carboxylic acids is 1. The maximum Gasteiger partial charge on any atom is 0.323 e. The number of hydrogen-bond acceptors (Lipinski definition) is 4. The van der Waals surface area contributed by atoms with Gasteiger partial charge in [-0.2, -0.15) is 0 Å². The van der Waals surface area contributed by atoms with Gasteiger partial charge in [-0.25, -0.2) is 4.68 Å². The molecule has 1 amide bonds. The molecule has 0 aromatic carbocycles. The lowest BCUT2D eigenvalue weighted by Crippen LogP contribution is -2.50. The van der Waals surface area contributed by atoms with Gasteiger partial charge in [0.25, 0.3) is 11.1 Å². The average Bonchev–Trinajstić information content (AvgIpc) is 2.29. The molecule has 0 saturated heterocycles. The number of rotatable bonds is 4. The maximum atomic E-state index is 12.1. The highest BCUT2D eigenvalue weighted by Gasteiger charge is 2.28. The number of H-pyrrole nitrogens is 1. The van der Waals surface area contributed by atoms with Crippen LogP contribution in [0, 0.1) is 0 Å². The van der Waals surface area contributed by atoms with Crippen LogP contribution < -0.4 is 11.1 Å². The molecule has 8 nitrogen and oxygen atoms in total. The van der Waals surface area contributed by atoms with Crippen molar-refractivity contribution in [1.82, 2.24) is 14.7 Å². The van der Waals surface area contributed by atoms with Crippen molar-refractivity contribution < 1.29 is 14.7 Å². The third kappa shape index (κ3) is 4.08. The number of aromatic nitrogens is 2. The summed E-state index contributed by atoms with van der Waals surface area (Å²) in [5.41, 5.74) is -1.77. The first kappa shape index (κ1) is 15.7. The van der Waals surface area contributed by atoms with Gasteiger partial charge < -0.3 is 10.0 Å². The van der Waals surface area contributed by atoms with Crippen LogP contribution in [0.5, 0.6) is 0 Å². The summed E-state index contributed by atoms with van der Waals surface area (Å²) in [5, 5.41) is 11.1. The van der Waals surface area contributed by atoms with E-state index in [4.69, 9.17) is 5.11 Å². The van der Waals surface area contributed by atoms with E-state index in [1.54, 1.807) is 20.8 Å². The van der Waals surface area contributed by atoms with Crippen molar-refractivity contribution in [2.24, 2.45) is 0 Å². The van der Waals surface area contributed by atoms with Crippen LogP contribution in [-0.4, -0.2) is 43.7 Å². The molecule has 0 aliphatic rings. The van der Waals surface area contributed by atoms with Gasteiger partial charge in [0, 0.05) is 17.7 Å². The average molecular weight is 283 g/mol. The van der Waals surface area contributed by atoms with E-state index in [1.807, 2.05) is 0 Å². The normalized spacial score (nSPS) is 11.2. The van der Waals surface area contributed by atoms with Gasteiger partial charge in [-0.3, -0.25) is 24.3 Å². The van der Waals surface area contributed by atoms with Crippen LogP contribution in [0.3, 0.4) is 0 Å². The number of nitrogens with zero attached hydrogens (tertiary/aromatic N) is 2. The van der Waals surface area contributed by atoms with Gasteiger partial charge >= 0.3 is 5.97 Å². The highest BCUT2D eigenvalue weighted by molar-refractivity contribution is 5.81. The zero-order valence-corrected chi connectivity index (χ0v) is 11.5. The highest BCUT2D eigenvalue weighted by atomic mass is 16.4. The number of aromatic amines is 1. The molecule has 2 N–H and O–H groups in total. The van der Waals surface area contributed by atoms with E-state index < -0.39 is 41.6 Å². The molecule has 0 atom stereocenters. The summed E-state index contributed by atoms with van der Waals surface area (Å²) in [6.07, 6.45) is 0. The van der Waals surface area contributed by atoms with Gasteiger partial charge in [-0.1, -0.05) is 0 Å². The van der Waals surface area contributed by atoms with Crippen molar-refractivity contribution in [2.45, 2.75) is 32.9 Å². The van der Waals surface area contributed by atoms with Crippen molar-refractivity contribution in [3.8, 4) is 0 Å². The van der Waals surface area contributed by atoms with Crippen LogP contribution in [0.25, 0.3) is 0 Å². The molecular formula is C12H17N3O5. The van der Waals surface area contributed by atoms with Crippen LogP contribution >= 0.6 is 0 Å². The third-order valence-electron chi connectivity index (χ3n) is 2.59. The molecule has 110 valence electrons. The van der Waals surface area contributed by atoms with Crippen LogP contribution in [0.4, 0.5) is 0 Å². The minimum atomic E-state index is -1.15. The molecule has 20 heavy (non-hydrogen) atoms. The lowest BCUT2D eigenvalue weighted by Gasteiger charge is -2.34. The zero-order chi connectivity index (χ0) is 15.5. The summed E-state index contributed by atoms with van der Waals surface area (Å²) in [6.45, 7) is 4.16. The summed E-state index contributed by atoms with van der Waals surface area (Å²) in [5.74, 6) is -1.72. The Morgan fingerprint density at radius 2 is 1.90 bits per heavy atom. The number of carbonyl (C=O) groups is 2. The van der Waals surface area contributed by atoms with E-state index in [2.05, 4.69) is 5.10 Å². The predicted molar refractivity (Wildman–Crippen MR) is 70.4 cm³/mol. The second-order valence-electron chi connectivity index (χ2n) is 5.28. The smallest absolute Gasteiger partial charge is 0.323 e. The van der Waals surface area contributed by atoms with Crippen LogP contribution in [-0.2, 0) is 16.1 Å². The van der Waals surface area contributed by atoms with Crippen LogP contribution in [0.1, 0.15) is 20.8 Å². The number of carboxylic acid groups (broad SMARTS) is 1. The maximum absolute atomic E-state index is 12.1. The Balaban J connectivity index is 3.02. The van der Waals surface area contributed by atoms with Gasteiger partial charge in [0.1, 0.15) is 13.1 Å². The summed E-state index contributed by atoms with van der Waals surface area (Å²) < 4.78 is 0.852. The molecule has 0 saturated carbocycles. The summed E-state index contributed by atoms with van der Waals surface area (Å²) >= 11 is 0. The first-order valence-electron chi connectivity index (χ1n) is 5.93. The van der Waals surface area contributed by atoms with E-state index in [-0.39, 0.29) is 0 Å². The summed E-state index contributed by atoms with van der Waals surface area (Å²) in [7, 11) is 0. The molecule has 0 fully saturated rings. The van der Waals surface area contributed by atoms with Gasteiger partial charge in [0.2, 0.25) is 5.91 Å². The molecule has 0 radical (unpaired) electrons. The first-order chi connectivity index (χ1) is 9.11. The molecule has 8 heteroatoms. The monoisotopic (exact) mass is 283 g/mol. The van der Waals surface area contributed by atoms with Gasteiger partial charge in [0.05, 0.1) is 0 Å². The molecule has 1 rings (SSSR count). The van der Waals surface area contributed by atoms with E-state index in [0.717, 1.165) is 21.7 Å². The Bertz CT molecular complexity index is 623. The lowest BCUT2D eigenvalue weighted by atomic mass is 10.1. The van der Waals surface area contributed by atoms with E-state index in [1.165, 1.54) is 0 Å². The third-order valence-corrected chi connectivity index (χ3v) is 2.59. The van der Waals surface area contributed by atoms with Crippen molar-refractivity contribution in [3.05, 3.63) is 32.8 Å². The standard InChI is InChI=1S/C12H17N3O5/c1-12(2,3)14(7-11(19)20)10(18)6-15-9(17)5-4-8(16)13-15/h4-5H,6-7H2,1-3H3,(H,13,16)(H,19,20). The fourth-order valence-electron chi connectivity index (χ4n) is 1.64. The highest BCUT2D eigenvalue weighted by Crippen LogP contribution is 2.13. The number of amides is 1. The molecule has 0 aliphatic carbocycles.